The van der Waals surface area contributed by atoms with Crippen LogP contribution in [0.15, 0.2) is 48.7 Å². The van der Waals surface area contributed by atoms with Crippen LogP contribution in [0.25, 0.3) is 10.9 Å². The molecule has 4 rings (SSSR count). The zero-order chi connectivity index (χ0) is 18.1. The first-order chi connectivity index (χ1) is 12.7. The van der Waals surface area contributed by atoms with Gasteiger partial charge in [-0.3, -0.25) is 4.90 Å². The van der Waals surface area contributed by atoms with Crippen molar-refractivity contribution in [3.63, 3.8) is 0 Å². The van der Waals surface area contributed by atoms with Crippen LogP contribution in [-0.4, -0.2) is 28.1 Å². The van der Waals surface area contributed by atoms with Gasteiger partial charge in [0.05, 0.1) is 12.1 Å². The van der Waals surface area contributed by atoms with Crippen molar-refractivity contribution in [1.29, 1.82) is 0 Å². The number of nitrogens with one attached hydrogen (secondary N) is 1. The van der Waals surface area contributed by atoms with Crippen LogP contribution in [0.2, 0.25) is 0 Å². The predicted molar refractivity (Wildman–Crippen MR) is 107 cm³/mol. The molecule has 1 aromatic heterocycles. The van der Waals surface area contributed by atoms with Gasteiger partial charge in [0.25, 0.3) is 0 Å². The van der Waals surface area contributed by atoms with E-state index in [9.17, 15) is 5.11 Å². The Kier molecular flexibility index (Phi) is 4.60. The molecule has 3 heteroatoms. The van der Waals surface area contributed by atoms with Crippen LogP contribution < -0.4 is 0 Å². The second-order valence-electron chi connectivity index (χ2n) is 7.69. The van der Waals surface area contributed by atoms with E-state index in [4.69, 9.17) is 0 Å². The van der Waals surface area contributed by atoms with Crippen molar-refractivity contribution in [1.82, 2.24) is 9.88 Å². The number of H-pyrrole nitrogens is 1. The average molecular weight is 348 g/mol. The summed E-state index contributed by atoms with van der Waals surface area (Å²) in [5.41, 5.74) is 6.19. The second kappa shape index (κ2) is 6.90. The number of aromatic nitrogens is 1. The molecule has 1 fully saturated rings. The molecule has 0 amide bonds. The molecule has 3 nitrogen and oxygen atoms in total. The summed E-state index contributed by atoms with van der Waals surface area (Å²) in [4.78, 5) is 5.90. The van der Waals surface area contributed by atoms with Gasteiger partial charge in [0, 0.05) is 23.6 Å². The van der Waals surface area contributed by atoms with Crippen molar-refractivity contribution in [2.75, 3.05) is 13.2 Å². The third-order valence-corrected chi connectivity index (χ3v) is 6.17. The van der Waals surface area contributed by atoms with Gasteiger partial charge in [-0.15, -0.1) is 0 Å². The molecule has 0 bridgehead atoms. The maximum absolute atomic E-state index is 10.5. The molecule has 26 heavy (non-hydrogen) atoms. The number of hydrogen-bond donors (Lipinski definition) is 2. The first kappa shape index (κ1) is 17.3. The Morgan fingerprint density at radius 3 is 2.65 bits per heavy atom. The smallest absolute Gasteiger partial charge is 0.0696 e. The second-order valence-corrected chi connectivity index (χ2v) is 7.69. The molecule has 0 unspecified atom stereocenters. The molecule has 2 aromatic carbocycles. The minimum Gasteiger partial charge on any atom is -0.394 e. The molecule has 0 saturated carbocycles. The maximum atomic E-state index is 10.5. The molecule has 3 aromatic rings. The van der Waals surface area contributed by atoms with Crippen molar-refractivity contribution in [3.05, 3.63) is 70.9 Å². The van der Waals surface area contributed by atoms with Crippen molar-refractivity contribution in [2.45, 2.75) is 45.2 Å². The number of aliphatic hydroxyl groups excluding tert-OH is 1. The van der Waals surface area contributed by atoms with E-state index in [0.29, 0.717) is 0 Å². The molecule has 2 heterocycles. The van der Waals surface area contributed by atoms with Crippen LogP contribution in [0, 0.1) is 13.8 Å². The summed E-state index contributed by atoms with van der Waals surface area (Å²) in [6, 6.07) is 15.0. The topological polar surface area (TPSA) is 39.3 Å². The van der Waals surface area contributed by atoms with Crippen LogP contribution in [0.1, 0.15) is 41.5 Å². The lowest BCUT2D eigenvalue weighted by Crippen LogP contribution is -2.51. The van der Waals surface area contributed by atoms with Crippen LogP contribution >= 0.6 is 0 Å². The van der Waals surface area contributed by atoms with E-state index in [1.807, 2.05) is 6.20 Å². The summed E-state index contributed by atoms with van der Waals surface area (Å²) in [5, 5.41) is 11.8. The number of nitrogens with zero attached hydrogens (tertiary/aromatic N) is 1. The monoisotopic (exact) mass is 348 g/mol. The molecule has 0 aliphatic carbocycles. The SMILES string of the molecule is Cc1cc(C)c2[nH]ccc2c1CN1CCCC[C@@]1(CO)c1ccccc1. The summed E-state index contributed by atoms with van der Waals surface area (Å²) >= 11 is 0. The molecule has 1 aliphatic heterocycles. The Morgan fingerprint density at radius 2 is 1.88 bits per heavy atom. The first-order valence-electron chi connectivity index (χ1n) is 9.63. The average Bonchev–Trinajstić information content (AvgIpc) is 3.16. The number of aliphatic hydroxyl groups is 1. The summed E-state index contributed by atoms with van der Waals surface area (Å²) in [6.07, 6.45) is 5.40. The Labute approximate surface area is 155 Å². The molecule has 0 spiro atoms. The van der Waals surface area contributed by atoms with E-state index in [1.165, 1.54) is 46.0 Å². The van der Waals surface area contributed by atoms with Gasteiger partial charge in [-0.2, -0.15) is 0 Å². The largest absolute Gasteiger partial charge is 0.394 e. The van der Waals surface area contributed by atoms with Crippen LogP contribution in [-0.2, 0) is 12.1 Å². The van der Waals surface area contributed by atoms with Crippen molar-refractivity contribution >= 4 is 10.9 Å². The number of benzene rings is 2. The fourth-order valence-corrected chi connectivity index (χ4v) is 4.71. The van der Waals surface area contributed by atoms with E-state index >= 15 is 0 Å². The summed E-state index contributed by atoms with van der Waals surface area (Å²) < 4.78 is 0. The molecule has 1 atom stereocenters. The van der Waals surface area contributed by atoms with E-state index in [0.717, 1.165) is 19.5 Å². The zero-order valence-corrected chi connectivity index (χ0v) is 15.8. The highest BCUT2D eigenvalue weighted by Crippen LogP contribution is 2.39. The Hall–Kier alpha value is -2.10. The van der Waals surface area contributed by atoms with Gasteiger partial charge in [-0.25, -0.2) is 0 Å². The minimum atomic E-state index is -0.278. The summed E-state index contributed by atoms with van der Waals surface area (Å²) in [6.45, 7) is 6.43. The molecular weight excluding hydrogens is 320 g/mol. The normalized spacial score (nSPS) is 21.3. The molecule has 0 radical (unpaired) electrons. The predicted octanol–water partition coefficient (Wildman–Crippen LogP) is 4.66. The number of piperidine rings is 1. The Morgan fingerprint density at radius 1 is 1.08 bits per heavy atom. The van der Waals surface area contributed by atoms with Gasteiger partial charge < -0.3 is 10.1 Å². The molecule has 2 N–H and O–H groups in total. The van der Waals surface area contributed by atoms with Crippen molar-refractivity contribution in [3.8, 4) is 0 Å². The quantitative estimate of drug-likeness (QED) is 0.720. The Bertz CT molecular complexity index is 899. The molecule has 1 saturated heterocycles. The fraction of sp³-hybridized carbons (Fsp3) is 0.391. The van der Waals surface area contributed by atoms with Crippen molar-refractivity contribution < 1.29 is 5.11 Å². The van der Waals surface area contributed by atoms with Gasteiger partial charge in [-0.1, -0.05) is 36.4 Å². The van der Waals surface area contributed by atoms with Gasteiger partial charge in [0.15, 0.2) is 0 Å². The number of aryl methyl sites for hydroxylation is 2. The molecule has 136 valence electrons. The van der Waals surface area contributed by atoms with Gasteiger partial charge in [0.1, 0.15) is 0 Å². The van der Waals surface area contributed by atoms with Crippen molar-refractivity contribution in [2.24, 2.45) is 0 Å². The van der Waals surface area contributed by atoms with E-state index in [1.54, 1.807) is 0 Å². The third-order valence-electron chi connectivity index (χ3n) is 6.17. The number of fused-ring (bicyclic) bond motifs is 1. The number of likely N-dealkylation sites (tertiary alicyclic amines) is 1. The van der Waals surface area contributed by atoms with Crippen LogP contribution in [0.3, 0.4) is 0 Å². The maximum Gasteiger partial charge on any atom is 0.0696 e. The highest BCUT2D eigenvalue weighted by molar-refractivity contribution is 5.87. The van der Waals surface area contributed by atoms with Crippen LogP contribution in [0.5, 0.6) is 0 Å². The zero-order valence-electron chi connectivity index (χ0n) is 15.8. The lowest BCUT2D eigenvalue weighted by molar-refractivity contribution is -0.0112. The van der Waals surface area contributed by atoms with E-state index < -0.39 is 0 Å². The summed E-state index contributed by atoms with van der Waals surface area (Å²) in [5.74, 6) is 0. The third kappa shape index (κ3) is 2.76. The summed E-state index contributed by atoms with van der Waals surface area (Å²) in [7, 11) is 0. The molecule has 1 aliphatic rings. The number of aromatic amines is 1. The standard InChI is InChI=1S/C23H28N2O/c1-17-14-18(2)22-20(10-12-24-22)21(17)15-25-13-7-6-11-23(25,16-26)19-8-4-3-5-9-19/h3-5,8-10,12,14,24,26H,6-7,11,13,15-16H2,1-2H3/t23-/m1/s1. The minimum absolute atomic E-state index is 0.165. The van der Waals surface area contributed by atoms with Gasteiger partial charge >= 0.3 is 0 Å². The lowest BCUT2D eigenvalue weighted by atomic mass is 9.80. The first-order valence-corrected chi connectivity index (χ1v) is 9.63. The van der Waals surface area contributed by atoms with E-state index in [-0.39, 0.29) is 12.1 Å². The number of rotatable bonds is 4. The number of hydrogen-bond acceptors (Lipinski definition) is 2. The Balaban J connectivity index is 1.78. The van der Waals surface area contributed by atoms with Gasteiger partial charge in [-0.05, 0) is 68.0 Å². The fourth-order valence-electron chi connectivity index (χ4n) is 4.71. The lowest BCUT2D eigenvalue weighted by Gasteiger charge is -2.47. The van der Waals surface area contributed by atoms with Gasteiger partial charge in [0.2, 0.25) is 0 Å². The molecular formula is C23H28N2O. The highest BCUT2D eigenvalue weighted by atomic mass is 16.3. The highest BCUT2D eigenvalue weighted by Gasteiger charge is 2.40. The van der Waals surface area contributed by atoms with Crippen LogP contribution in [0.4, 0.5) is 0 Å². The van der Waals surface area contributed by atoms with E-state index in [2.05, 4.69) is 66.2 Å².